The van der Waals surface area contributed by atoms with Crippen molar-refractivity contribution in [1.82, 2.24) is 29.5 Å². The number of ether oxygens (including phenoxy) is 1. The van der Waals surface area contributed by atoms with E-state index >= 15 is 0 Å². The van der Waals surface area contributed by atoms with Gasteiger partial charge in [0, 0.05) is 41.5 Å². The van der Waals surface area contributed by atoms with Gasteiger partial charge in [-0.2, -0.15) is 10.2 Å². The van der Waals surface area contributed by atoms with Crippen LogP contribution in [-0.2, 0) is 28.9 Å². The zero-order chi connectivity index (χ0) is 26.1. The molecule has 1 saturated carbocycles. The molecule has 1 fully saturated rings. The lowest BCUT2D eigenvalue weighted by Crippen LogP contribution is -2.10. The third kappa shape index (κ3) is 5.30. The molecule has 0 N–H and O–H groups in total. The van der Waals surface area contributed by atoms with Crippen molar-refractivity contribution in [3.63, 3.8) is 0 Å². The second kappa shape index (κ2) is 10.2. The maximum atomic E-state index is 13.5. The highest BCUT2D eigenvalue weighted by molar-refractivity contribution is 5.73. The summed E-state index contributed by atoms with van der Waals surface area (Å²) in [4.78, 5) is 21.1. The first-order chi connectivity index (χ1) is 17.8. The van der Waals surface area contributed by atoms with Crippen molar-refractivity contribution in [3.8, 4) is 17.1 Å². The van der Waals surface area contributed by atoms with Gasteiger partial charge in [0.05, 0.1) is 30.1 Å². The summed E-state index contributed by atoms with van der Waals surface area (Å²) in [7, 11) is 0. The Morgan fingerprint density at radius 1 is 1.11 bits per heavy atom. The van der Waals surface area contributed by atoms with Crippen LogP contribution < -0.4 is 0 Å². The van der Waals surface area contributed by atoms with Crippen LogP contribution in [0.25, 0.3) is 17.1 Å². The predicted octanol–water partition coefficient (Wildman–Crippen LogP) is 4.70. The summed E-state index contributed by atoms with van der Waals surface area (Å²) in [6.07, 6.45) is 4.73. The Morgan fingerprint density at radius 3 is 2.57 bits per heavy atom. The van der Waals surface area contributed by atoms with E-state index in [-0.39, 0.29) is 18.2 Å². The van der Waals surface area contributed by atoms with Gasteiger partial charge in [0.2, 0.25) is 0 Å². The second-order valence-electron chi connectivity index (χ2n) is 9.64. The summed E-state index contributed by atoms with van der Waals surface area (Å²) in [6, 6.07) is 8.41. The van der Waals surface area contributed by atoms with Crippen LogP contribution in [0.5, 0.6) is 0 Å². The van der Waals surface area contributed by atoms with Crippen molar-refractivity contribution in [3.05, 3.63) is 76.4 Å². The molecule has 0 atom stereocenters. The minimum atomic E-state index is -0.270. The number of esters is 1. The lowest BCUT2D eigenvalue weighted by molar-refractivity contribution is -0.142. The SMILES string of the molecule is CCOC(=O)Cc1c(C)nn(-c2cc(Cc3c(C)c(-c4ccc(F)cc4)nn3CC3CC3)ncn2)c1C. The largest absolute Gasteiger partial charge is 0.466 e. The fraction of sp³-hybridized carbons (Fsp3) is 0.393. The van der Waals surface area contributed by atoms with E-state index in [9.17, 15) is 9.18 Å². The van der Waals surface area contributed by atoms with Gasteiger partial charge in [-0.1, -0.05) is 0 Å². The van der Waals surface area contributed by atoms with Gasteiger partial charge < -0.3 is 4.74 Å². The van der Waals surface area contributed by atoms with Crippen molar-refractivity contribution < 1.29 is 13.9 Å². The van der Waals surface area contributed by atoms with Crippen molar-refractivity contribution in [1.29, 1.82) is 0 Å². The summed E-state index contributed by atoms with van der Waals surface area (Å²) < 4.78 is 22.5. The Labute approximate surface area is 215 Å². The molecule has 8 nitrogen and oxygen atoms in total. The average Bonchev–Trinajstić information content (AvgIpc) is 3.60. The van der Waals surface area contributed by atoms with Crippen molar-refractivity contribution >= 4 is 5.97 Å². The quantitative estimate of drug-likeness (QED) is 0.309. The Hall–Kier alpha value is -3.88. The van der Waals surface area contributed by atoms with Gasteiger partial charge in [-0.05, 0) is 76.3 Å². The maximum absolute atomic E-state index is 13.5. The molecular weight excluding hydrogens is 471 g/mol. The van der Waals surface area contributed by atoms with E-state index in [0.29, 0.717) is 24.8 Å². The van der Waals surface area contributed by atoms with Crippen LogP contribution in [0.4, 0.5) is 4.39 Å². The number of aromatic nitrogens is 6. The van der Waals surface area contributed by atoms with Crippen molar-refractivity contribution in [2.45, 2.75) is 59.9 Å². The summed E-state index contributed by atoms with van der Waals surface area (Å²) in [5.74, 6) is 0.757. The molecule has 1 aromatic carbocycles. The van der Waals surface area contributed by atoms with Gasteiger partial charge in [0.1, 0.15) is 12.1 Å². The molecule has 9 heteroatoms. The lowest BCUT2D eigenvalue weighted by atomic mass is 10.0. The zero-order valence-electron chi connectivity index (χ0n) is 21.7. The molecule has 1 aliphatic rings. The van der Waals surface area contributed by atoms with E-state index in [0.717, 1.165) is 51.7 Å². The first-order valence-electron chi connectivity index (χ1n) is 12.7. The third-order valence-electron chi connectivity index (χ3n) is 6.91. The van der Waals surface area contributed by atoms with Crippen LogP contribution in [0, 0.1) is 32.5 Å². The lowest BCUT2D eigenvalue weighted by Gasteiger charge is -2.09. The Balaban J connectivity index is 1.46. The molecule has 0 bridgehead atoms. The number of nitrogens with zero attached hydrogens (tertiary/aromatic N) is 6. The standard InChI is InChI=1S/C28H31FN6O2/c1-5-37-27(36)14-24-18(3)32-35(19(24)4)26-13-23(30-16-31-26)12-25-17(2)28(21-8-10-22(29)11-9-21)33-34(25)15-20-6-7-20/h8-11,13,16,20H,5-7,12,14-15H2,1-4H3. The molecule has 0 aliphatic heterocycles. The fourth-order valence-electron chi connectivity index (χ4n) is 4.67. The van der Waals surface area contributed by atoms with Crippen molar-refractivity contribution in [2.24, 2.45) is 5.92 Å². The highest BCUT2D eigenvalue weighted by atomic mass is 19.1. The number of rotatable bonds is 9. The maximum Gasteiger partial charge on any atom is 0.310 e. The van der Waals surface area contributed by atoms with Crippen LogP contribution in [0.2, 0.25) is 0 Å². The molecule has 37 heavy (non-hydrogen) atoms. The number of aryl methyl sites for hydroxylation is 1. The molecule has 0 unspecified atom stereocenters. The molecule has 1 aliphatic carbocycles. The number of benzene rings is 1. The molecule has 0 radical (unpaired) electrons. The second-order valence-corrected chi connectivity index (χ2v) is 9.64. The number of hydrogen-bond acceptors (Lipinski definition) is 6. The van der Waals surface area contributed by atoms with Gasteiger partial charge in [-0.3, -0.25) is 9.48 Å². The van der Waals surface area contributed by atoms with Crippen LogP contribution >= 0.6 is 0 Å². The minimum Gasteiger partial charge on any atom is -0.466 e. The average molecular weight is 503 g/mol. The van der Waals surface area contributed by atoms with E-state index in [4.69, 9.17) is 9.84 Å². The van der Waals surface area contributed by atoms with Crippen LogP contribution in [0.15, 0.2) is 36.7 Å². The number of carbonyl (C=O) groups is 1. The zero-order valence-corrected chi connectivity index (χ0v) is 21.7. The van der Waals surface area contributed by atoms with Gasteiger partial charge in [-0.15, -0.1) is 0 Å². The summed E-state index contributed by atoms with van der Waals surface area (Å²) in [5, 5.41) is 9.57. The van der Waals surface area contributed by atoms with E-state index in [1.165, 1.54) is 25.0 Å². The fourth-order valence-corrected chi connectivity index (χ4v) is 4.67. The van der Waals surface area contributed by atoms with Crippen LogP contribution in [0.1, 0.15) is 53.7 Å². The molecular formula is C28H31FN6O2. The number of halogens is 1. The molecule has 0 amide bonds. The molecule has 3 heterocycles. The Bertz CT molecular complexity index is 1440. The van der Waals surface area contributed by atoms with Gasteiger partial charge >= 0.3 is 5.97 Å². The summed E-state index contributed by atoms with van der Waals surface area (Å²) in [6.45, 7) is 8.89. The summed E-state index contributed by atoms with van der Waals surface area (Å²) >= 11 is 0. The van der Waals surface area contributed by atoms with E-state index in [2.05, 4.69) is 26.7 Å². The molecule has 3 aromatic heterocycles. The topological polar surface area (TPSA) is 87.7 Å². The van der Waals surface area contributed by atoms with E-state index in [1.807, 2.05) is 19.9 Å². The van der Waals surface area contributed by atoms with Gasteiger partial charge in [-0.25, -0.2) is 19.0 Å². The molecule has 0 spiro atoms. The molecule has 4 aromatic rings. The Kier molecular flexibility index (Phi) is 6.86. The normalized spacial score (nSPS) is 13.2. The van der Waals surface area contributed by atoms with Gasteiger partial charge in [0.15, 0.2) is 5.82 Å². The number of hydrogen-bond donors (Lipinski definition) is 0. The molecule has 192 valence electrons. The first-order valence-corrected chi connectivity index (χ1v) is 12.7. The Morgan fingerprint density at radius 2 is 1.86 bits per heavy atom. The first kappa shape index (κ1) is 24.8. The third-order valence-corrected chi connectivity index (χ3v) is 6.91. The minimum absolute atomic E-state index is 0.176. The molecule has 0 saturated heterocycles. The van der Waals surface area contributed by atoms with Gasteiger partial charge in [0.25, 0.3) is 0 Å². The van der Waals surface area contributed by atoms with E-state index < -0.39 is 0 Å². The monoisotopic (exact) mass is 502 g/mol. The highest BCUT2D eigenvalue weighted by Crippen LogP contribution is 2.33. The highest BCUT2D eigenvalue weighted by Gasteiger charge is 2.26. The van der Waals surface area contributed by atoms with E-state index in [1.54, 1.807) is 30.1 Å². The van der Waals surface area contributed by atoms with Crippen LogP contribution in [0.3, 0.4) is 0 Å². The van der Waals surface area contributed by atoms with Crippen molar-refractivity contribution in [2.75, 3.05) is 6.61 Å². The van der Waals surface area contributed by atoms with Crippen LogP contribution in [-0.4, -0.2) is 42.1 Å². The summed E-state index contributed by atoms with van der Waals surface area (Å²) in [5.41, 5.74) is 7.23. The number of carbonyl (C=O) groups excluding carboxylic acids is 1. The predicted molar refractivity (Wildman–Crippen MR) is 137 cm³/mol. The smallest absolute Gasteiger partial charge is 0.310 e. The molecule has 5 rings (SSSR count).